The van der Waals surface area contributed by atoms with Crippen molar-refractivity contribution in [3.05, 3.63) is 29.3 Å². The standard InChI is InChI=1S/C17H25NO4/c1-5-22-14-8-12(2)6-7-13(14)11-18-15(19)9-17(3,4)10-16(20)21/h6-8H,5,9-11H2,1-4H3,(H,18,19)(H,20,21). The van der Waals surface area contributed by atoms with E-state index in [0.29, 0.717) is 13.2 Å². The predicted molar refractivity (Wildman–Crippen MR) is 84.8 cm³/mol. The minimum absolute atomic E-state index is 0.0326. The number of amides is 1. The van der Waals surface area contributed by atoms with Crippen molar-refractivity contribution in [3.63, 3.8) is 0 Å². The van der Waals surface area contributed by atoms with Crippen LogP contribution in [0.5, 0.6) is 5.75 Å². The topological polar surface area (TPSA) is 75.6 Å². The molecule has 0 atom stereocenters. The molecule has 0 aliphatic rings. The number of carboxylic acid groups (broad SMARTS) is 1. The highest BCUT2D eigenvalue weighted by atomic mass is 16.5. The number of nitrogens with one attached hydrogen (secondary N) is 1. The fourth-order valence-electron chi connectivity index (χ4n) is 2.26. The Hall–Kier alpha value is -2.04. The quantitative estimate of drug-likeness (QED) is 0.774. The van der Waals surface area contributed by atoms with E-state index in [9.17, 15) is 9.59 Å². The van der Waals surface area contributed by atoms with Crippen LogP contribution in [0.4, 0.5) is 0 Å². The van der Waals surface area contributed by atoms with Crippen molar-refractivity contribution in [3.8, 4) is 5.75 Å². The van der Waals surface area contributed by atoms with Gasteiger partial charge in [-0.05, 0) is 30.9 Å². The Bertz CT molecular complexity index is 537. The van der Waals surface area contributed by atoms with Gasteiger partial charge in [0.2, 0.25) is 5.91 Å². The van der Waals surface area contributed by atoms with Gasteiger partial charge in [-0.15, -0.1) is 0 Å². The van der Waals surface area contributed by atoms with Crippen molar-refractivity contribution in [2.75, 3.05) is 6.61 Å². The summed E-state index contributed by atoms with van der Waals surface area (Å²) in [5, 5.41) is 11.7. The molecular formula is C17H25NO4. The first kappa shape index (κ1) is 18.0. The van der Waals surface area contributed by atoms with E-state index < -0.39 is 11.4 Å². The van der Waals surface area contributed by atoms with Gasteiger partial charge in [-0.2, -0.15) is 0 Å². The molecule has 0 aliphatic heterocycles. The maximum absolute atomic E-state index is 12.0. The summed E-state index contributed by atoms with van der Waals surface area (Å²) in [4.78, 5) is 22.8. The van der Waals surface area contributed by atoms with Crippen LogP contribution in [-0.4, -0.2) is 23.6 Å². The lowest BCUT2D eigenvalue weighted by Crippen LogP contribution is -2.30. The van der Waals surface area contributed by atoms with Crippen molar-refractivity contribution in [1.82, 2.24) is 5.32 Å². The SMILES string of the molecule is CCOc1cc(C)ccc1CNC(=O)CC(C)(C)CC(=O)O. The number of carbonyl (C=O) groups excluding carboxylic acids is 1. The summed E-state index contributed by atoms with van der Waals surface area (Å²) in [6.45, 7) is 8.39. The number of hydrogen-bond acceptors (Lipinski definition) is 3. The van der Waals surface area contributed by atoms with Crippen molar-refractivity contribution in [1.29, 1.82) is 0 Å². The van der Waals surface area contributed by atoms with E-state index in [0.717, 1.165) is 16.9 Å². The smallest absolute Gasteiger partial charge is 0.303 e. The molecule has 0 saturated carbocycles. The van der Waals surface area contributed by atoms with E-state index in [1.165, 1.54) is 0 Å². The number of benzene rings is 1. The summed E-state index contributed by atoms with van der Waals surface area (Å²) >= 11 is 0. The zero-order valence-corrected chi connectivity index (χ0v) is 13.7. The van der Waals surface area contributed by atoms with Gasteiger partial charge in [0.1, 0.15) is 5.75 Å². The van der Waals surface area contributed by atoms with Crippen molar-refractivity contribution >= 4 is 11.9 Å². The second kappa shape index (κ2) is 7.82. The van der Waals surface area contributed by atoms with Gasteiger partial charge < -0.3 is 15.2 Å². The summed E-state index contributed by atoms with van der Waals surface area (Å²) in [6.07, 6.45) is 0.143. The van der Waals surface area contributed by atoms with Crippen LogP contribution in [0.3, 0.4) is 0 Å². The molecule has 0 bridgehead atoms. The minimum Gasteiger partial charge on any atom is -0.494 e. The third-order valence-corrected chi connectivity index (χ3v) is 3.27. The summed E-state index contributed by atoms with van der Waals surface area (Å²) < 4.78 is 5.57. The molecule has 1 aromatic rings. The van der Waals surface area contributed by atoms with Gasteiger partial charge in [0.15, 0.2) is 0 Å². The summed E-state index contributed by atoms with van der Waals surface area (Å²) in [5.41, 5.74) is 1.45. The van der Waals surface area contributed by atoms with Crippen LogP contribution in [0.2, 0.25) is 0 Å². The molecule has 0 aliphatic carbocycles. The van der Waals surface area contributed by atoms with Gasteiger partial charge in [-0.1, -0.05) is 26.0 Å². The lowest BCUT2D eigenvalue weighted by Gasteiger charge is -2.21. The molecule has 122 valence electrons. The Morgan fingerprint density at radius 3 is 2.55 bits per heavy atom. The molecule has 5 nitrogen and oxygen atoms in total. The molecular weight excluding hydrogens is 282 g/mol. The number of carboxylic acids is 1. The Morgan fingerprint density at radius 1 is 1.27 bits per heavy atom. The highest BCUT2D eigenvalue weighted by Gasteiger charge is 2.25. The van der Waals surface area contributed by atoms with Gasteiger partial charge in [0.25, 0.3) is 0 Å². The molecule has 1 amide bonds. The Balaban J connectivity index is 2.62. The normalized spacial score (nSPS) is 11.1. The number of carbonyl (C=O) groups is 2. The zero-order chi connectivity index (χ0) is 16.8. The molecule has 0 aromatic heterocycles. The van der Waals surface area contributed by atoms with Crippen molar-refractivity contribution < 1.29 is 19.4 Å². The number of rotatable bonds is 8. The molecule has 0 fully saturated rings. The maximum atomic E-state index is 12.0. The van der Waals surface area contributed by atoms with Gasteiger partial charge in [0.05, 0.1) is 13.0 Å². The average molecular weight is 307 g/mol. The van der Waals surface area contributed by atoms with Gasteiger partial charge >= 0.3 is 5.97 Å². The summed E-state index contributed by atoms with van der Waals surface area (Å²) in [6, 6.07) is 5.85. The molecule has 0 heterocycles. The Morgan fingerprint density at radius 2 is 1.95 bits per heavy atom. The Kier molecular flexibility index (Phi) is 6.40. The average Bonchev–Trinajstić information content (AvgIpc) is 2.35. The highest BCUT2D eigenvalue weighted by molar-refractivity contribution is 5.78. The minimum atomic E-state index is -0.894. The van der Waals surface area contributed by atoms with Crippen LogP contribution in [0.15, 0.2) is 18.2 Å². The monoisotopic (exact) mass is 307 g/mol. The fraction of sp³-hybridized carbons (Fsp3) is 0.529. The Labute approximate surface area is 131 Å². The molecule has 1 aromatic carbocycles. The van der Waals surface area contributed by atoms with E-state index in [-0.39, 0.29) is 18.7 Å². The zero-order valence-electron chi connectivity index (χ0n) is 13.7. The summed E-state index contributed by atoms with van der Waals surface area (Å²) in [7, 11) is 0. The van der Waals surface area contributed by atoms with Gasteiger partial charge in [-0.25, -0.2) is 0 Å². The lowest BCUT2D eigenvalue weighted by molar-refractivity contribution is -0.139. The third-order valence-electron chi connectivity index (χ3n) is 3.27. The van der Waals surface area contributed by atoms with Crippen molar-refractivity contribution in [2.45, 2.75) is 47.1 Å². The van der Waals surface area contributed by atoms with E-state index in [1.54, 1.807) is 13.8 Å². The molecule has 0 saturated heterocycles. The molecule has 22 heavy (non-hydrogen) atoms. The van der Waals surface area contributed by atoms with Gasteiger partial charge in [0, 0.05) is 18.5 Å². The first-order valence-electron chi connectivity index (χ1n) is 7.44. The van der Waals surface area contributed by atoms with Crippen LogP contribution in [0.25, 0.3) is 0 Å². The van der Waals surface area contributed by atoms with Crippen LogP contribution < -0.4 is 10.1 Å². The number of aryl methyl sites for hydroxylation is 1. The first-order valence-corrected chi connectivity index (χ1v) is 7.44. The van der Waals surface area contributed by atoms with Crippen LogP contribution in [0, 0.1) is 12.3 Å². The fourth-order valence-corrected chi connectivity index (χ4v) is 2.26. The van der Waals surface area contributed by atoms with Gasteiger partial charge in [-0.3, -0.25) is 9.59 Å². The predicted octanol–water partition coefficient (Wildman–Crippen LogP) is 2.90. The van der Waals surface area contributed by atoms with Crippen LogP contribution in [0.1, 0.15) is 44.7 Å². The summed E-state index contributed by atoms with van der Waals surface area (Å²) in [5.74, 6) is -0.281. The first-order chi connectivity index (χ1) is 10.2. The van der Waals surface area contributed by atoms with E-state index in [1.807, 2.05) is 32.0 Å². The molecule has 1 rings (SSSR count). The lowest BCUT2D eigenvalue weighted by atomic mass is 9.85. The van der Waals surface area contributed by atoms with Crippen LogP contribution in [-0.2, 0) is 16.1 Å². The second-order valence-corrected chi connectivity index (χ2v) is 6.23. The molecule has 2 N–H and O–H groups in total. The van der Waals surface area contributed by atoms with E-state index >= 15 is 0 Å². The molecule has 0 radical (unpaired) electrons. The molecule has 0 spiro atoms. The largest absolute Gasteiger partial charge is 0.494 e. The second-order valence-electron chi connectivity index (χ2n) is 6.23. The van der Waals surface area contributed by atoms with E-state index in [2.05, 4.69) is 5.32 Å². The number of aliphatic carboxylic acids is 1. The third kappa shape index (κ3) is 6.16. The maximum Gasteiger partial charge on any atom is 0.303 e. The van der Waals surface area contributed by atoms with E-state index in [4.69, 9.17) is 9.84 Å². The highest BCUT2D eigenvalue weighted by Crippen LogP contribution is 2.25. The molecule has 0 unspecified atom stereocenters. The van der Waals surface area contributed by atoms with Crippen molar-refractivity contribution in [2.24, 2.45) is 5.41 Å². The number of hydrogen-bond donors (Lipinski definition) is 2. The molecule has 5 heteroatoms. The number of ether oxygens (including phenoxy) is 1. The van der Waals surface area contributed by atoms with Crippen LogP contribution >= 0.6 is 0 Å².